The lowest BCUT2D eigenvalue weighted by Crippen LogP contribution is -2.48. The molecule has 2 atom stereocenters. The van der Waals surface area contributed by atoms with Crippen molar-refractivity contribution >= 4 is 23.6 Å². The molecule has 6 nitrogen and oxygen atoms in total. The number of rotatable bonds is 16. The van der Waals surface area contributed by atoms with Crippen LogP contribution in [0.15, 0.2) is 22.8 Å². The summed E-state index contributed by atoms with van der Waals surface area (Å²) in [6.45, 7) is 7.51. The summed E-state index contributed by atoms with van der Waals surface area (Å²) in [5.41, 5.74) is 0. The molecular weight excluding hydrogens is 436 g/mol. The van der Waals surface area contributed by atoms with E-state index in [1.165, 1.54) is 19.3 Å². The van der Waals surface area contributed by atoms with Crippen LogP contribution in [0.3, 0.4) is 0 Å². The Bertz CT molecular complexity index is 659. The van der Waals surface area contributed by atoms with Crippen molar-refractivity contribution in [1.82, 2.24) is 10.6 Å². The molecule has 1 fully saturated rings. The maximum atomic E-state index is 12.9. The summed E-state index contributed by atoms with van der Waals surface area (Å²) in [5, 5.41) is 6.51. The van der Waals surface area contributed by atoms with Gasteiger partial charge in [0.1, 0.15) is 5.76 Å². The second-order valence-electron chi connectivity index (χ2n) is 9.71. The van der Waals surface area contributed by atoms with Crippen LogP contribution in [0.2, 0.25) is 0 Å². The third-order valence-corrected chi connectivity index (χ3v) is 7.14. The van der Waals surface area contributed by atoms with Crippen molar-refractivity contribution in [3.63, 3.8) is 0 Å². The molecule has 1 aliphatic rings. The first-order valence-corrected chi connectivity index (χ1v) is 13.9. The van der Waals surface area contributed by atoms with Crippen LogP contribution < -0.4 is 10.6 Å². The number of hydrogen-bond acceptors (Lipinski definition) is 6. The molecule has 1 amide bonds. The van der Waals surface area contributed by atoms with Crippen LogP contribution in [-0.4, -0.2) is 42.9 Å². The molecule has 188 valence electrons. The van der Waals surface area contributed by atoms with E-state index in [4.69, 9.17) is 9.15 Å². The van der Waals surface area contributed by atoms with Crippen molar-refractivity contribution in [2.75, 3.05) is 18.9 Å². The molecule has 0 radical (unpaired) electrons. The van der Waals surface area contributed by atoms with Crippen molar-refractivity contribution in [2.45, 2.75) is 96.4 Å². The fourth-order valence-corrected chi connectivity index (χ4v) is 5.21. The van der Waals surface area contributed by atoms with Gasteiger partial charge in [-0.2, -0.15) is 0 Å². The zero-order valence-electron chi connectivity index (χ0n) is 20.8. The average molecular weight is 481 g/mol. The number of carbonyl (C=O) groups is 2. The van der Waals surface area contributed by atoms with E-state index in [2.05, 4.69) is 31.4 Å². The molecule has 0 bridgehead atoms. The van der Waals surface area contributed by atoms with Gasteiger partial charge in [-0.25, -0.2) is 4.79 Å². The fraction of sp³-hybridized carbons (Fsp3) is 0.769. The number of thioether (sulfide) groups is 1. The molecular formula is C26H44N2O4S. The topological polar surface area (TPSA) is 80.6 Å². The molecule has 2 rings (SSSR count). The Morgan fingerprint density at radius 1 is 1.24 bits per heavy atom. The van der Waals surface area contributed by atoms with Crippen molar-refractivity contribution in [3.8, 4) is 0 Å². The van der Waals surface area contributed by atoms with Gasteiger partial charge in [-0.1, -0.05) is 52.9 Å². The van der Waals surface area contributed by atoms with E-state index in [1.807, 2.05) is 12.1 Å². The van der Waals surface area contributed by atoms with Crippen LogP contribution in [0.5, 0.6) is 0 Å². The van der Waals surface area contributed by atoms with Gasteiger partial charge < -0.3 is 19.8 Å². The number of hydrogen-bond donors (Lipinski definition) is 2. The zero-order chi connectivity index (χ0) is 23.9. The minimum Gasteiger partial charge on any atom is -0.468 e. The summed E-state index contributed by atoms with van der Waals surface area (Å²) in [7, 11) is 0. The second-order valence-corrected chi connectivity index (χ2v) is 10.7. The molecule has 1 aromatic rings. The van der Waals surface area contributed by atoms with E-state index < -0.39 is 0 Å². The van der Waals surface area contributed by atoms with Gasteiger partial charge in [-0.3, -0.25) is 4.79 Å². The van der Waals surface area contributed by atoms with Gasteiger partial charge in [-0.05, 0) is 49.7 Å². The van der Waals surface area contributed by atoms with Crippen LogP contribution >= 0.6 is 11.8 Å². The number of alkyl carbamates (subject to hydrolysis) is 1. The molecule has 1 aromatic heterocycles. The van der Waals surface area contributed by atoms with Crippen LogP contribution in [0.4, 0.5) is 4.79 Å². The number of unbranched alkanes of at least 4 members (excludes halogenated alkanes) is 1. The van der Waals surface area contributed by atoms with Crippen molar-refractivity contribution in [2.24, 2.45) is 11.8 Å². The van der Waals surface area contributed by atoms with Crippen LogP contribution in [0.1, 0.15) is 84.3 Å². The van der Waals surface area contributed by atoms with Crippen molar-refractivity contribution in [1.29, 1.82) is 0 Å². The molecule has 0 aliphatic heterocycles. The Labute approximate surface area is 204 Å². The smallest absolute Gasteiger partial charge is 0.407 e. The molecule has 0 aromatic carbocycles. The molecule has 33 heavy (non-hydrogen) atoms. The third kappa shape index (κ3) is 12.0. The van der Waals surface area contributed by atoms with Crippen LogP contribution in [-0.2, 0) is 15.3 Å². The Kier molecular flexibility index (Phi) is 13.6. The van der Waals surface area contributed by atoms with E-state index in [0.717, 1.165) is 44.3 Å². The summed E-state index contributed by atoms with van der Waals surface area (Å²) in [5.74, 6) is 3.18. The van der Waals surface area contributed by atoms with Gasteiger partial charge in [0.05, 0.1) is 30.4 Å². The normalized spacial score (nSPS) is 16.5. The van der Waals surface area contributed by atoms with Gasteiger partial charge in [0.2, 0.25) is 0 Å². The lowest BCUT2D eigenvalue weighted by atomic mass is 9.90. The average Bonchev–Trinajstić information content (AvgIpc) is 3.31. The number of ether oxygens (including phenoxy) is 1. The minimum atomic E-state index is -0.335. The number of Topliss-reactive ketones (excluding diaryl/α,β-unsaturated/α-hetero) is 1. The van der Waals surface area contributed by atoms with E-state index in [1.54, 1.807) is 18.0 Å². The number of nitrogens with one attached hydrogen (secondary N) is 2. The molecule has 1 aliphatic carbocycles. The van der Waals surface area contributed by atoms with Gasteiger partial charge in [-0.15, -0.1) is 11.8 Å². The summed E-state index contributed by atoms with van der Waals surface area (Å²) in [6, 6.07) is 3.55. The first-order valence-electron chi connectivity index (χ1n) is 12.8. The highest BCUT2D eigenvalue weighted by molar-refractivity contribution is 7.99. The first kappa shape index (κ1) is 27.8. The lowest BCUT2D eigenvalue weighted by molar-refractivity contribution is -0.118. The quantitative estimate of drug-likeness (QED) is 0.304. The predicted octanol–water partition coefficient (Wildman–Crippen LogP) is 5.95. The molecule has 0 saturated heterocycles. The lowest BCUT2D eigenvalue weighted by Gasteiger charge is -2.25. The molecule has 1 saturated carbocycles. The molecule has 0 spiro atoms. The van der Waals surface area contributed by atoms with Crippen molar-refractivity contribution < 1.29 is 18.7 Å². The number of furan rings is 1. The molecule has 2 unspecified atom stereocenters. The monoisotopic (exact) mass is 480 g/mol. The summed E-state index contributed by atoms with van der Waals surface area (Å²) in [6.07, 6.45) is 11.1. The predicted molar refractivity (Wildman–Crippen MR) is 135 cm³/mol. The maximum Gasteiger partial charge on any atom is 0.407 e. The zero-order valence-corrected chi connectivity index (χ0v) is 21.6. The van der Waals surface area contributed by atoms with Gasteiger partial charge in [0.15, 0.2) is 5.78 Å². The van der Waals surface area contributed by atoms with Gasteiger partial charge in [0, 0.05) is 12.6 Å². The van der Waals surface area contributed by atoms with E-state index >= 15 is 0 Å². The Hall–Kier alpha value is -1.47. The van der Waals surface area contributed by atoms with Crippen molar-refractivity contribution in [3.05, 3.63) is 24.2 Å². The maximum absolute atomic E-state index is 12.9. The third-order valence-electron chi connectivity index (χ3n) is 6.17. The second kappa shape index (κ2) is 16.2. The SMILES string of the molecule is CCCCC(NCC(CC(C)C)NC(=O)OCC1CCCCC1)C(=O)CSCc1ccco1. The Morgan fingerprint density at radius 3 is 2.70 bits per heavy atom. The molecule has 7 heteroatoms. The summed E-state index contributed by atoms with van der Waals surface area (Å²) in [4.78, 5) is 25.3. The molecule has 1 heterocycles. The van der Waals surface area contributed by atoms with E-state index in [-0.39, 0.29) is 24.0 Å². The number of carbonyl (C=O) groups excluding carboxylic acids is 2. The number of ketones is 1. The molecule has 2 N–H and O–H groups in total. The highest BCUT2D eigenvalue weighted by Crippen LogP contribution is 2.23. The fourth-order valence-electron chi connectivity index (χ4n) is 4.34. The number of amides is 1. The van der Waals surface area contributed by atoms with Crippen LogP contribution in [0, 0.1) is 11.8 Å². The van der Waals surface area contributed by atoms with Crippen LogP contribution in [0.25, 0.3) is 0 Å². The minimum absolute atomic E-state index is 0.0587. The van der Waals surface area contributed by atoms with Gasteiger partial charge >= 0.3 is 6.09 Å². The van der Waals surface area contributed by atoms with E-state index in [9.17, 15) is 9.59 Å². The first-order chi connectivity index (χ1) is 16.0. The highest BCUT2D eigenvalue weighted by atomic mass is 32.2. The Balaban J connectivity index is 1.80. The summed E-state index contributed by atoms with van der Waals surface area (Å²) >= 11 is 1.58. The van der Waals surface area contributed by atoms with E-state index in [0.29, 0.717) is 36.5 Å². The Morgan fingerprint density at radius 2 is 2.03 bits per heavy atom. The summed E-state index contributed by atoms with van der Waals surface area (Å²) < 4.78 is 10.9. The van der Waals surface area contributed by atoms with Gasteiger partial charge in [0.25, 0.3) is 0 Å². The largest absolute Gasteiger partial charge is 0.468 e. The highest BCUT2D eigenvalue weighted by Gasteiger charge is 2.22. The standard InChI is InChI=1S/C26H44N2O4S/c1-4-5-13-24(25(29)19-33-18-23-12-9-14-31-23)27-16-22(15-20(2)3)28-26(30)32-17-21-10-7-6-8-11-21/h9,12,14,20-22,24,27H,4-8,10-11,13,15-19H2,1-3H3,(H,28,30).